The van der Waals surface area contributed by atoms with E-state index < -0.39 is 11.4 Å². The van der Waals surface area contributed by atoms with E-state index in [1.807, 2.05) is 0 Å². The summed E-state index contributed by atoms with van der Waals surface area (Å²) in [6, 6.07) is 0. The summed E-state index contributed by atoms with van der Waals surface area (Å²) in [4.78, 5) is 22.5. The van der Waals surface area contributed by atoms with Crippen LogP contribution in [0.3, 0.4) is 0 Å². The van der Waals surface area contributed by atoms with E-state index in [2.05, 4.69) is 10.6 Å². The lowest BCUT2D eigenvalue weighted by molar-refractivity contribution is -0.146. The van der Waals surface area contributed by atoms with Crippen LogP contribution in [0.1, 0.15) is 33.1 Å². The summed E-state index contributed by atoms with van der Waals surface area (Å²) in [7, 11) is 0. The SMILES string of the molecule is CC(C)(CNC(=O)CC1CCNCC1)C(=O)O. The summed E-state index contributed by atoms with van der Waals surface area (Å²) in [6.07, 6.45) is 2.56. The molecule has 1 amide bonds. The molecule has 1 fully saturated rings. The summed E-state index contributed by atoms with van der Waals surface area (Å²) < 4.78 is 0. The zero-order valence-electron chi connectivity index (χ0n) is 10.6. The number of amides is 1. The van der Waals surface area contributed by atoms with E-state index in [1.54, 1.807) is 13.8 Å². The zero-order valence-corrected chi connectivity index (χ0v) is 10.6. The maximum absolute atomic E-state index is 11.7. The molecule has 17 heavy (non-hydrogen) atoms. The third-order valence-electron chi connectivity index (χ3n) is 3.24. The Kier molecular flexibility index (Phi) is 4.93. The van der Waals surface area contributed by atoms with Crippen molar-refractivity contribution in [3.05, 3.63) is 0 Å². The fourth-order valence-corrected chi connectivity index (χ4v) is 1.82. The van der Waals surface area contributed by atoms with Gasteiger partial charge in [-0.2, -0.15) is 0 Å². The molecule has 1 heterocycles. The molecule has 0 bridgehead atoms. The Morgan fingerprint density at radius 1 is 1.35 bits per heavy atom. The largest absolute Gasteiger partial charge is 0.481 e. The minimum Gasteiger partial charge on any atom is -0.481 e. The average molecular weight is 242 g/mol. The highest BCUT2D eigenvalue weighted by molar-refractivity contribution is 5.78. The third kappa shape index (κ3) is 4.73. The van der Waals surface area contributed by atoms with Gasteiger partial charge in [0.25, 0.3) is 0 Å². The zero-order chi connectivity index (χ0) is 12.9. The molecular weight excluding hydrogens is 220 g/mol. The first-order valence-corrected chi connectivity index (χ1v) is 6.12. The Labute approximate surface area is 102 Å². The molecule has 0 atom stereocenters. The van der Waals surface area contributed by atoms with Crippen LogP contribution in [0.5, 0.6) is 0 Å². The number of nitrogens with one attached hydrogen (secondary N) is 2. The van der Waals surface area contributed by atoms with Crippen molar-refractivity contribution in [2.45, 2.75) is 33.1 Å². The minimum absolute atomic E-state index is 0.0359. The molecule has 1 rings (SSSR count). The van der Waals surface area contributed by atoms with Crippen LogP contribution >= 0.6 is 0 Å². The summed E-state index contributed by atoms with van der Waals surface area (Å²) >= 11 is 0. The molecule has 0 aromatic carbocycles. The molecule has 0 aromatic heterocycles. The lowest BCUT2D eigenvalue weighted by Gasteiger charge is -2.23. The normalized spacial score (nSPS) is 17.8. The highest BCUT2D eigenvalue weighted by atomic mass is 16.4. The Morgan fingerprint density at radius 2 is 1.94 bits per heavy atom. The van der Waals surface area contributed by atoms with E-state index in [4.69, 9.17) is 5.11 Å². The van der Waals surface area contributed by atoms with Crippen molar-refractivity contribution < 1.29 is 14.7 Å². The Balaban J connectivity index is 2.27. The fourth-order valence-electron chi connectivity index (χ4n) is 1.82. The van der Waals surface area contributed by atoms with Gasteiger partial charge in [0.05, 0.1) is 5.41 Å². The van der Waals surface area contributed by atoms with Crippen molar-refractivity contribution in [1.82, 2.24) is 10.6 Å². The van der Waals surface area contributed by atoms with Crippen LogP contribution in [0.25, 0.3) is 0 Å². The maximum atomic E-state index is 11.7. The molecule has 0 saturated carbocycles. The van der Waals surface area contributed by atoms with Gasteiger partial charge < -0.3 is 15.7 Å². The number of rotatable bonds is 5. The second kappa shape index (κ2) is 6.00. The fraction of sp³-hybridized carbons (Fsp3) is 0.833. The van der Waals surface area contributed by atoms with E-state index in [-0.39, 0.29) is 12.5 Å². The van der Waals surface area contributed by atoms with Crippen molar-refractivity contribution in [3.8, 4) is 0 Å². The number of piperidine rings is 1. The number of carboxylic acid groups (broad SMARTS) is 1. The lowest BCUT2D eigenvalue weighted by atomic mass is 9.92. The van der Waals surface area contributed by atoms with Gasteiger partial charge >= 0.3 is 5.97 Å². The van der Waals surface area contributed by atoms with Crippen molar-refractivity contribution in [1.29, 1.82) is 0 Å². The van der Waals surface area contributed by atoms with Gasteiger partial charge in [-0.1, -0.05) is 0 Å². The number of carbonyl (C=O) groups is 2. The summed E-state index contributed by atoms with van der Waals surface area (Å²) in [5.41, 5.74) is -0.899. The first kappa shape index (κ1) is 14.0. The van der Waals surface area contributed by atoms with E-state index in [0.717, 1.165) is 25.9 Å². The third-order valence-corrected chi connectivity index (χ3v) is 3.24. The van der Waals surface area contributed by atoms with Gasteiger partial charge in [0.1, 0.15) is 0 Å². The van der Waals surface area contributed by atoms with Crippen LogP contribution in [0.15, 0.2) is 0 Å². The average Bonchev–Trinajstić information content (AvgIpc) is 2.28. The van der Waals surface area contributed by atoms with Crippen LogP contribution in [0, 0.1) is 11.3 Å². The molecule has 1 saturated heterocycles. The van der Waals surface area contributed by atoms with Crippen molar-refractivity contribution in [2.75, 3.05) is 19.6 Å². The van der Waals surface area contributed by atoms with E-state index in [0.29, 0.717) is 12.3 Å². The monoisotopic (exact) mass is 242 g/mol. The highest BCUT2D eigenvalue weighted by Crippen LogP contribution is 2.17. The van der Waals surface area contributed by atoms with Gasteiger partial charge in [-0.3, -0.25) is 9.59 Å². The second-order valence-electron chi connectivity index (χ2n) is 5.36. The van der Waals surface area contributed by atoms with Crippen molar-refractivity contribution in [2.24, 2.45) is 11.3 Å². The molecule has 0 aliphatic carbocycles. The Hall–Kier alpha value is -1.10. The molecule has 0 radical (unpaired) electrons. The number of aliphatic carboxylic acids is 1. The maximum Gasteiger partial charge on any atom is 0.310 e. The minimum atomic E-state index is -0.899. The van der Waals surface area contributed by atoms with Gasteiger partial charge in [-0.05, 0) is 45.7 Å². The molecule has 5 heteroatoms. The molecule has 0 unspecified atom stereocenters. The predicted octanol–water partition coefficient (Wildman–Crippen LogP) is 0.603. The number of hydrogen-bond donors (Lipinski definition) is 3. The molecule has 3 N–H and O–H groups in total. The standard InChI is InChI=1S/C12H22N2O3/c1-12(2,11(16)17)8-14-10(15)7-9-3-5-13-6-4-9/h9,13H,3-8H2,1-2H3,(H,14,15)(H,16,17). The van der Waals surface area contributed by atoms with Crippen LogP contribution < -0.4 is 10.6 Å². The topological polar surface area (TPSA) is 78.4 Å². The molecule has 0 spiro atoms. The molecule has 0 aromatic rings. The first-order chi connectivity index (χ1) is 7.92. The van der Waals surface area contributed by atoms with Gasteiger partial charge in [0.2, 0.25) is 5.91 Å². The smallest absolute Gasteiger partial charge is 0.310 e. The molecule has 1 aliphatic heterocycles. The lowest BCUT2D eigenvalue weighted by Crippen LogP contribution is -2.40. The van der Waals surface area contributed by atoms with Gasteiger partial charge in [-0.15, -0.1) is 0 Å². The molecule has 5 nitrogen and oxygen atoms in total. The predicted molar refractivity (Wildman–Crippen MR) is 64.6 cm³/mol. The Bertz CT molecular complexity index is 283. The second-order valence-corrected chi connectivity index (χ2v) is 5.36. The van der Waals surface area contributed by atoms with Crippen LogP contribution in [-0.4, -0.2) is 36.6 Å². The summed E-state index contributed by atoms with van der Waals surface area (Å²) in [5.74, 6) is -0.491. The number of carboxylic acids is 1. The van der Waals surface area contributed by atoms with Gasteiger partial charge in [0, 0.05) is 13.0 Å². The molecule has 98 valence electrons. The van der Waals surface area contributed by atoms with E-state index in [1.165, 1.54) is 0 Å². The van der Waals surface area contributed by atoms with Crippen molar-refractivity contribution in [3.63, 3.8) is 0 Å². The van der Waals surface area contributed by atoms with Gasteiger partial charge in [-0.25, -0.2) is 0 Å². The van der Waals surface area contributed by atoms with Crippen LogP contribution in [-0.2, 0) is 9.59 Å². The first-order valence-electron chi connectivity index (χ1n) is 6.12. The van der Waals surface area contributed by atoms with Crippen LogP contribution in [0.4, 0.5) is 0 Å². The van der Waals surface area contributed by atoms with Crippen molar-refractivity contribution >= 4 is 11.9 Å². The number of hydrogen-bond acceptors (Lipinski definition) is 3. The summed E-state index contributed by atoms with van der Waals surface area (Å²) in [5, 5.41) is 14.9. The number of carbonyl (C=O) groups excluding carboxylic acids is 1. The molecular formula is C12H22N2O3. The Morgan fingerprint density at radius 3 is 2.47 bits per heavy atom. The van der Waals surface area contributed by atoms with Crippen LogP contribution in [0.2, 0.25) is 0 Å². The highest BCUT2D eigenvalue weighted by Gasteiger charge is 2.28. The van der Waals surface area contributed by atoms with Gasteiger partial charge in [0.15, 0.2) is 0 Å². The molecule has 1 aliphatic rings. The van der Waals surface area contributed by atoms with E-state index in [9.17, 15) is 9.59 Å². The van der Waals surface area contributed by atoms with E-state index >= 15 is 0 Å². The quantitative estimate of drug-likeness (QED) is 0.660. The summed E-state index contributed by atoms with van der Waals surface area (Å²) in [6.45, 7) is 5.35.